The van der Waals surface area contributed by atoms with Crippen LogP contribution in [0.3, 0.4) is 0 Å². The molecule has 5 rings (SSSR count). The summed E-state index contributed by atoms with van der Waals surface area (Å²) in [5.41, 5.74) is 2.14. The minimum Gasteiger partial charge on any atom is -0.493 e. The lowest BCUT2D eigenvalue weighted by Crippen LogP contribution is -2.45. The molecule has 0 bridgehead atoms. The second-order valence-corrected chi connectivity index (χ2v) is 11.1. The zero-order chi connectivity index (χ0) is 29.3. The Kier molecular flexibility index (Phi) is 8.49. The first kappa shape index (κ1) is 28.9. The van der Waals surface area contributed by atoms with Crippen molar-refractivity contribution < 1.29 is 28.2 Å². The number of urea groups is 1. The number of nitrogens with one attached hydrogen (secondary N) is 1. The summed E-state index contributed by atoms with van der Waals surface area (Å²) in [5, 5.41) is 3.70. The summed E-state index contributed by atoms with van der Waals surface area (Å²) < 4.78 is 32.1. The molecule has 1 N–H and O–H groups in total. The average Bonchev–Trinajstić information content (AvgIpc) is 2.98. The summed E-state index contributed by atoms with van der Waals surface area (Å²) in [6.07, 6.45) is 3.16. The van der Waals surface area contributed by atoms with Crippen LogP contribution in [0.15, 0.2) is 72.6 Å². The molecular formula is C29H23FI2N4O5. The van der Waals surface area contributed by atoms with Crippen LogP contribution in [0.4, 0.5) is 20.6 Å². The Morgan fingerprint density at radius 1 is 0.951 bits per heavy atom. The van der Waals surface area contributed by atoms with E-state index in [4.69, 9.17) is 14.2 Å². The fourth-order valence-electron chi connectivity index (χ4n) is 4.28. The van der Waals surface area contributed by atoms with Gasteiger partial charge in [0.1, 0.15) is 17.3 Å². The molecule has 12 heteroatoms. The van der Waals surface area contributed by atoms with Crippen molar-refractivity contribution in [1.29, 1.82) is 0 Å². The van der Waals surface area contributed by atoms with Gasteiger partial charge in [-0.1, -0.05) is 0 Å². The summed E-state index contributed by atoms with van der Waals surface area (Å²) in [5.74, 6) is 1.54. The van der Waals surface area contributed by atoms with Gasteiger partial charge in [-0.25, -0.2) is 9.18 Å². The molecule has 9 nitrogen and oxygen atoms in total. The van der Waals surface area contributed by atoms with E-state index in [1.807, 2.05) is 6.07 Å². The normalized spacial score (nSPS) is 13.2. The number of aromatic nitrogens is 1. The van der Waals surface area contributed by atoms with Gasteiger partial charge in [-0.2, -0.15) is 0 Å². The van der Waals surface area contributed by atoms with Crippen molar-refractivity contribution >= 4 is 79.4 Å². The second-order valence-electron chi connectivity index (χ2n) is 8.94. The van der Waals surface area contributed by atoms with E-state index in [2.05, 4.69) is 55.5 Å². The van der Waals surface area contributed by atoms with Gasteiger partial charge in [-0.15, -0.1) is 0 Å². The lowest BCUT2D eigenvalue weighted by Gasteiger charge is -2.32. The molecule has 4 aromatic rings. The van der Waals surface area contributed by atoms with E-state index in [1.165, 1.54) is 40.3 Å². The van der Waals surface area contributed by atoms with Crippen LogP contribution >= 0.6 is 45.2 Å². The maximum Gasteiger partial charge on any atom is 0.328 e. The third kappa shape index (κ3) is 5.88. The fraction of sp³-hybridized carbons (Fsp3) is 0.138. The number of methoxy groups -OCH3 is 2. The van der Waals surface area contributed by atoms with Gasteiger partial charge in [-0.05, 0) is 93.7 Å². The summed E-state index contributed by atoms with van der Waals surface area (Å²) in [6, 6.07) is 14.2. The Morgan fingerprint density at radius 3 is 2.37 bits per heavy atom. The van der Waals surface area contributed by atoms with Crippen molar-refractivity contribution in [2.75, 3.05) is 38.0 Å². The third-order valence-electron chi connectivity index (χ3n) is 6.36. The highest BCUT2D eigenvalue weighted by molar-refractivity contribution is 14.1. The molecule has 1 aliphatic rings. The highest BCUT2D eigenvalue weighted by Crippen LogP contribution is 2.39. The highest BCUT2D eigenvalue weighted by Gasteiger charge is 2.28. The van der Waals surface area contributed by atoms with E-state index in [9.17, 15) is 14.0 Å². The number of pyridine rings is 1. The van der Waals surface area contributed by atoms with Crippen LogP contribution in [0, 0.1) is 13.0 Å². The molecule has 41 heavy (non-hydrogen) atoms. The third-order valence-corrected chi connectivity index (χ3v) is 9.59. The Labute approximate surface area is 262 Å². The van der Waals surface area contributed by atoms with Gasteiger partial charge in [0, 0.05) is 36.6 Å². The van der Waals surface area contributed by atoms with Crippen LogP contribution in [-0.2, 0) is 4.79 Å². The van der Waals surface area contributed by atoms with Gasteiger partial charge in [0.05, 0.1) is 44.7 Å². The number of carbonyl (C=O) groups excluding carboxylic acids is 2. The predicted molar refractivity (Wildman–Crippen MR) is 170 cm³/mol. The average molecular weight is 780 g/mol. The number of amides is 3. The van der Waals surface area contributed by atoms with E-state index in [0.29, 0.717) is 45.5 Å². The van der Waals surface area contributed by atoms with Crippen molar-refractivity contribution in [2.45, 2.75) is 0 Å². The summed E-state index contributed by atoms with van der Waals surface area (Å²) in [4.78, 5) is 33.2. The molecule has 3 aromatic carbocycles. The van der Waals surface area contributed by atoms with Crippen molar-refractivity contribution in [3.8, 4) is 23.0 Å². The molecule has 2 heterocycles. The molecule has 1 aliphatic heterocycles. The molecule has 0 spiro atoms. The van der Waals surface area contributed by atoms with Crippen LogP contribution in [-0.4, -0.2) is 49.6 Å². The largest absolute Gasteiger partial charge is 0.493 e. The van der Waals surface area contributed by atoms with Crippen molar-refractivity contribution in [1.82, 2.24) is 9.88 Å². The zero-order valence-electron chi connectivity index (χ0n) is 22.1. The SMILES string of the molecule is COc1cc2nccc(Oc3ccc(NC(=O)C4=CN(C)C(=O)N(c5ccc(F)cc5)C4)c(I)c3I)c2cc1OC. The number of rotatable bonds is 7. The van der Waals surface area contributed by atoms with Crippen LogP contribution in [0.1, 0.15) is 0 Å². The molecule has 0 aliphatic carbocycles. The monoisotopic (exact) mass is 780 g/mol. The molecular weight excluding hydrogens is 757 g/mol. The summed E-state index contributed by atoms with van der Waals surface area (Å²) in [6.45, 7) is 0.0405. The number of carbonyl (C=O) groups is 2. The smallest absolute Gasteiger partial charge is 0.328 e. The Balaban J connectivity index is 1.37. The standard InChI is InChI=1S/C29H23FI2N4O5/c1-35-14-16(15-36(29(35)38)18-6-4-17(30)5-7-18)28(37)34-20-8-9-23(27(32)26(20)31)41-22-10-11-33-21-13-25(40-3)24(39-2)12-19(21)22/h4-14H,15H2,1-3H3,(H,34,37). The van der Waals surface area contributed by atoms with Crippen LogP contribution in [0.2, 0.25) is 0 Å². The Hall–Kier alpha value is -3.66. The maximum absolute atomic E-state index is 13.4. The van der Waals surface area contributed by atoms with Crippen molar-refractivity contribution in [3.63, 3.8) is 0 Å². The van der Waals surface area contributed by atoms with Gasteiger partial charge >= 0.3 is 6.03 Å². The Morgan fingerprint density at radius 2 is 1.66 bits per heavy atom. The van der Waals surface area contributed by atoms with Crippen molar-refractivity contribution in [2.24, 2.45) is 0 Å². The fourth-order valence-corrected chi connectivity index (χ4v) is 5.44. The van der Waals surface area contributed by atoms with E-state index in [1.54, 1.807) is 51.7 Å². The molecule has 0 atom stereocenters. The number of fused-ring (bicyclic) bond motifs is 1. The van der Waals surface area contributed by atoms with Crippen LogP contribution in [0.5, 0.6) is 23.0 Å². The lowest BCUT2D eigenvalue weighted by molar-refractivity contribution is -0.113. The molecule has 1 aromatic heterocycles. The van der Waals surface area contributed by atoms with Gasteiger partial charge < -0.3 is 24.4 Å². The van der Waals surface area contributed by atoms with E-state index in [0.717, 1.165) is 12.5 Å². The number of hydrogen-bond donors (Lipinski definition) is 1. The zero-order valence-corrected chi connectivity index (χ0v) is 26.4. The quantitative estimate of drug-likeness (QED) is 0.208. The molecule has 0 saturated heterocycles. The first-order valence-corrected chi connectivity index (χ1v) is 14.3. The van der Waals surface area contributed by atoms with E-state index >= 15 is 0 Å². The number of benzene rings is 3. The minimum atomic E-state index is -0.409. The maximum atomic E-state index is 13.4. The molecule has 0 unspecified atom stereocenters. The highest BCUT2D eigenvalue weighted by atomic mass is 127. The van der Waals surface area contributed by atoms with Crippen LogP contribution < -0.4 is 24.4 Å². The first-order chi connectivity index (χ1) is 19.7. The Bertz CT molecular complexity index is 1700. The van der Waals surface area contributed by atoms with Gasteiger partial charge in [-0.3, -0.25) is 14.7 Å². The van der Waals surface area contributed by atoms with Gasteiger partial charge in [0.2, 0.25) is 0 Å². The first-order valence-electron chi connectivity index (χ1n) is 12.2. The minimum absolute atomic E-state index is 0.0405. The van der Waals surface area contributed by atoms with Gasteiger partial charge in [0.25, 0.3) is 5.91 Å². The van der Waals surface area contributed by atoms with Gasteiger partial charge in [0.15, 0.2) is 11.5 Å². The van der Waals surface area contributed by atoms with Crippen molar-refractivity contribution in [3.05, 3.63) is 85.5 Å². The molecule has 210 valence electrons. The number of halogens is 3. The number of nitrogens with zero attached hydrogens (tertiary/aromatic N) is 3. The predicted octanol–water partition coefficient (Wildman–Crippen LogP) is 6.79. The molecule has 0 saturated carbocycles. The second kappa shape index (κ2) is 12.1. The molecule has 3 amide bonds. The molecule has 0 fully saturated rings. The number of anilines is 2. The topological polar surface area (TPSA) is 93.2 Å². The summed E-state index contributed by atoms with van der Waals surface area (Å²) in [7, 11) is 4.70. The van der Waals surface area contributed by atoms with E-state index < -0.39 is 5.82 Å². The van der Waals surface area contributed by atoms with Crippen LogP contribution in [0.25, 0.3) is 10.9 Å². The molecule has 0 radical (unpaired) electrons. The lowest BCUT2D eigenvalue weighted by atomic mass is 10.1. The number of hydrogen-bond acceptors (Lipinski definition) is 6. The number of ether oxygens (including phenoxy) is 3. The summed E-state index contributed by atoms with van der Waals surface area (Å²) >= 11 is 4.34. The van der Waals surface area contributed by atoms with E-state index in [-0.39, 0.29) is 18.5 Å².